The third-order valence-electron chi connectivity index (χ3n) is 6.10. The van der Waals surface area contributed by atoms with Crippen LogP contribution in [0.1, 0.15) is 44.5 Å². The summed E-state index contributed by atoms with van der Waals surface area (Å²) in [6, 6.07) is 8.50. The number of aromatic nitrogens is 1. The van der Waals surface area contributed by atoms with Crippen molar-refractivity contribution in [2.45, 2.75) is 56.4 Å². The maximum Gasteiger partial charge on any atom is 0.410 e. The van der Waals surface area contributed by atoms with Crippen LogP contribution in [-0.2, 0) is 9.53 Å². The minimum atomic E-state index is -1.60. The molecule has 218 valence electrons. The largest absolute Gasteiger partial charge is 0.488 e. The first kappa shape index (κ1) is 30.3. The zero-order valence-corrected chi connectivity index (χ0v) is 25.0. The number of hydrogen-bond donors (Lipinski definition) is 3. The van der Waals surface area contributed by atoms with Crippen molar-refractivity contribution in [3.05, 3.63) is 71.5 Å². The molecule has 1 unspecified atom stereocenters. The lowest BCUT2D eigenvalue weighted by Crippen LogP contribution is -2.63. The first-order valence-corrected chi connectivity index (χ1v) is 14.6. The molecular weight excluding hydrogens is 566 g/mol. The van der Waals surface area contributed by atoms with E-state index in [1.54, 1.807) is 59.3 Å². The van der Waals surface area contributed by atoms with Crippen LogP contribution in [0.25, 0.3) is 0 Å². The maximum absolute atomic E-state index is 13.7. The highest BCUT2D eigenvalue weighted by Gasteiger charge is 2.39. The van der Waals surface area contributed by atoms with E-state index in [1.165, 1.54) is 6.20 Å². The first-order chi connectivity index (χ1) is 19.5. The number of anilines is 1. The van der Waals surface area contributed by atoms with Crippen LogP contribution in [0.4, 0.5) is 10.6 Å². The highest BCUT2D eigenvalue weighted by atomic mass is 35.5. The van der Waals surface area contributed by atoms with Crippen molar-refractivity contribution in [1.82, 2.24) is 20.5 Å². The van der Waals surface area contributed by atoms with Gasteiger partial charge in [-0.05, 0) is 75.2 Å². The number of thioether (sulfide) groups is 1. The lowest BCUT2D eigenvalue weighted by molar-refractivity contribution is -0.121. The van der Waals surface area contributed by atoms with E-state index in [-0.39, 0.29) is 17.5 Å². The highest BCUT2D eigenvalue weighted by molar-refractivity contribution is 7.99. The van der Waals surface area contributed by atoms with Gasteiger partial charge in [-0.1, -0.05) is 24.6 Å². The minimum Gasteiger partial charge on any atom is -0.488 e. The number of halogens is 1. The molecule has 3 N–H and O–H groups in total. The third-order valence-corrected chi connectivity index (χ3v) is 7.20. The second-order valence-corrected chi connectivity index (χ2v) is 12.3. The Kier molecular flexibility index (Phi) is 9.49. The number of hydrogen-bond acceptors (Lipinski definition) is 8. The molecule has 2 aliphatic heterocycles. The van der Waals surface area contributed by atoms with E-state index < -0.39 is 29.2 Å². The van der Waals surface area contributed by atoms with Gasteiger partial charge in [-0.15, -0.1) is 11.8 Å². The van der Waals surface area contributed by atoms with Crippen molar-refractivity contribution in [2.75, 3.05) is 24.2 Å². The van der Waals surface area contributed by atoms with Gasteiger partial charge in [-0.3, -0.25) is 9.59 Å². The molecule has 2 aromatic rings. The number of nitrogens with one attached hydrogen (secondary N) is 3. The fourth-order valence-corrected chi connectivity index (χ4v) is 5.01. The van der Waals surface area contributed by atoms with Crippen LogP contribution < -0.4 is 20.7 Å². The summed E-state index contributed by atoms with van der Waals surface area (Å²) in [5, 5.41) is 8.92. The zero-order valence-electron chi connectivity index (χ0n) is 23.4. The number of likely N-dealkylation sites (tertiary alicyclic amines) is 1. The summed E-state index contributed by atoms with van der Waals surface area (Å²) in [7, 11) is 0. The molecule has 41 heavy (non-hydrogen) atoms. The van der Waals surface area contributed by atoms with Crippen LogP contribution in [0.5, 0.6) is 5.75 Å². The molecule has 1 fully saturated rings. The Morgan fingerprint density at radius 3 is 2.68 bits per heavy atom. The van der Waals surface area contributed by atoms with Gasteiger partial charge in [-0.2, -0.15) is 0 Å². The molecule has 12 heteroatoms. The Balaban J connectivity index is 1.54. The Hall–Kier alpha value is -3.70. The molecule has 4 rings (SSSR count). The molecule has 2 atom stereocenters. The Labute approximate surface area is 248 Å². The third kappa shape index (κ3) is 7.95. The molecule has 0 saturated carbocycles. The van der Waals surface area contributed by atoms with Gasteiger partial charge < -0.3 is 30.3 Å². The Morgan fingerprint density at radius 1 is 1.22 bits per heavy atom. The summed E-state index contributed by atoms with van der Waals surface area (Å²) in [6.07, 6.45) is 7.75. The number of dihydropyridines is 1. The van der Waals surface area contributed by atoms with Crippen molar-refractivity contribution in [3.63, 3.8) is 0 Å². The van der Waals surface area contributed by atoms with Crippen molar-refractivity contribution >= 4 is 47.1 Å². The molecule has 0 aliphatic carbocycles. The Bertz CT molecular complexity index is 1340. The van der Waals surface area contributed by atoms with Gasteiger partial charge in [0.1, 0.15) is 23.3 Å². The molecule has 0 radical (unpaired) electrons. The van der Waals surface area contributed by atoms with Gasteiger partial charge in [-0.25, -0.2) is 9.78 Å². The molecule has 3 heterocycles. The molecule has 1 aromatic carbocycles. The van der Waals surface area contributed by atoms with E-state index >= 15 is 0 Å². The van der Waals surface area contributed by atoms with Crippen LogP contribution in [-0.4, -0.2) is 64.0 Å². The lowest BCUT2D eigenvalue weighted by Gasteiger charge is -2.32. The van der Waals surface area contributed by atoms with Gasteiger partial charge >= 0.3 is 6.09 Å². The fourth-order valence-electron chi connectivity index (χ4n) is 4.21. The Morgan fingerprint density at radius 2 is 2.02 bits per heavy atom. The second-order valence-electron chi connectivity index (χ2n) is 10.5. The van der Waals surface area contributed by atoms with E-state index in [0.29, 0.717) is 30.3 Å². The lowest BCUT2D eigenvalue weighted by atomic mass is 10.0. The monoisotopic (exact) mass is 599 g/mol. The fraction of sp³-hybridized carbons (Fsp3) is 0.379. The molecule has 0 bridgehead atoms. The van der Waals surface area contributed by atoms with Gasteiger partial charge in [0.15, 0.2) is 0 Å². The summed E-state index contributed by atoms with van der Waals surface area (Å²) < 4.78 is 11.8. The predicted octanol–water partition coefficient (Wildman–Crippen LogP) is 4.97. The quantitative estimate of drug-likeness (QED) is 0.364. The van der Waals surface area contributed by atoms with Crippen LogP contribution >= 0.6 is 23.4 Å². The van der Waals surface area contributed by atoms with Crippen LogP contribution in [0.3, 0.4) is 0 Å². The summed E-state index contributed by atoms with van der Waals surface area (Å²) in [5.41, 5.74) is -1.94. The molecule has 1 saturated heterocycles. The van der Waals surface area contributed by atoms with Gasteiger partial charge in [0.05, 0.1) is 17.1 Å². The molecule has 0 spiro atoms. The molecular formula is C29H34ClN5O5S. The molecule has 3 amide bonds. The summed E-state index contributed by atoms with van der Waals surface area (Å²) in [4.78, 5) is 46.3. The van der Waals surface area contributed by atoms with Crippen LogP contribution in [0.15, 0.2) is 65.9 Å². The number of benzene rings is 1. The predicted molar refractivity (Wildman–Crippen MR) is 159 cm³/mol. The van der Waals surface area contributed by atoms with Crippen LogP contribution in [0, 0.1) is 0 Å². The standard InChI is InChI=1S/C29H34ClN5O5S/c1-5-41-21-9-10-22(23(16-21)39-20-12-15-35(18-20)27(38)40-28(2,3)4)25(36)34-29(13-6-7-14-32-29)26(37)33-24-11-8-19(30)17-31-24/h6-11,13-14,16-17,20,32H,5,12,15,18H2,1-4H3,(H,34,36)(H,31,33,37)/t20-,29?/m0/s1. The van der Waals surface area contributed by atoms with Crippen molar-refractivity contribution in [2.24, 2.45) is 0 Å². The maximum atomic E-state index is 13.7. The van der Waals surface area contributed by atoms with E-state index in [1.807, 2.05) is 39.8 Å². The number of pyridine rings is 1. The molecule has 1 aromatic heterocycles. The number of allylic oxidation sites excluding steroid dienone is 2. The number of amides is 3. The highest BCUT2D eigenvalue weighted by Crippen LogP contribution is 2.30. The second kappa shape index (κ2) is 12.9. The van der Waals surface area contributed by atoms with Crippen LogP contribution in [0.2, 0.25) is 5.02 Å². The SMILES string of the molecule is CCSc1ccc(C(=O)NC2(C(=O)Nc3ccc(Cl)cn3)C=CC=CN2)c(O[C@H]2CCN(C(=O)OC(C)(C)C)C2)c1. The average Bonchev–Trinajstić information content (AvgIpc) is 3.38. The number of ether oxygens (including phenoxy) is 2. The first-order valence-electron chi connectivity index (χ1n) is 13.3. The van der Waals surface area contributed by atoms with E-state index in [0.717, 1.165) is 10.6 Å². The van der Waals surface area contributed by atoms with Gasteiger partial charge in [0.2, 0.25) is 5.66 Å². The molecule has 2 aliphatic rings. The topological polar surface area (TPSA) is 122 Å². The summed E-state index contributed by atoms with van der Waals surface area (Å²) in [6.45, 7) is 8.31. The summed E-state index contributed by atoms with van der Waals surface area (Å²) >= 11 is 7.52. The van der Waals surface area contributed by atoms with Crippen molar-refractivity contribution in [1.29, 1.82) is 0 Å². The number of carbonyl (C=O) groups excluding carboxylic acids is 3. The minimum absolute atomic E-state index is 0.253. The normalized spacial score (nSPS) is 19.8. The van der Waals surface area contributed by atoms with E-state index in [4.69, 9.17) is 21.1 Å². The zero-order chi connectivity index (χ0) is 29.6. The summed E-state index contributed by atoms with van der Waals surface area (Å²) in [5.74, 6) is 0.400. The number of rotatable bonds is 8. The number of nitrogens with zero attached hydrogens (tertiary/aromatic N) is 2. The van der Waals surface area contributed by atoms with E-state index in [2.05, 4.69) is 20.9 Å². The molecule has 10 nitrogen and oxygen atoms in total. The smallest absolute Gasteiger partial charge is 0.410 e. The van der Waals surface area contributed by atoms with Gasteiger partial charge in [0.25, 0.3) is 11.8 Å². The van der Waals surface area contributed by atoms with E-state index in [9.17, 15) is 14.4 Å². The van der Waals surface area contributed by atoms with Gasteiger partial charge in [0, 0.05) is 24.1 Å². The number of carbonyl (C=O) groups is 3. The average molecular weight is 600 g/mol. The van der Waals surface area contributed by atoms with Crippen molar-refractivity contribution in [3.8, 4) is 5.75 Å². The van der Waals surface area contributed by atoms with Crippen molar-refractivity contribution < 1.29 is 23.9 Å².